The normalized spacial score (nSPS) is 36.4. The van der Waals surface area contributed by atoms with Crippen molar-refractivity contribution in [1.29, 1.82) is 0 Å². The van der Waals surface area contributed by atoms with Gasteiger partial charge in [0.2, 0.25) is 5.91 Å². The zero-order valence-electron chi connectivity index (χ0n) is 24.7. The van der Waals surface area contributed by atoms with Gasteiger partial charge in [0.25, 0.3) is 5.91 Å². The number of allylic oxidation sites excluding steroid dienone is 2. The molecule has 9 nitrogen and oxygen atoms in total. The van der Waals surface area contributed by atoms with Crippen molar-refractivity contribution in [2.75, 3.05) is 18.6 Å². The Kier molecular flexibility index (Phi) is 9.49. The Morgan fingerprint density at radius 3 is 2.59 bits per heavy atom. The molecule has 0 radical (unpaired) electrons. The Bertz CT molecular complexity index is 1150. The second-order valence-electron chi connectivity index (χ2n) is 12.8. The Morgan fingerprint density at radius 1 is 1.17 bits per heavy atom. The zero-order valence-corrected chi connectivity index (χ0v) is 25.5. The fourth-order valence-electron chi connectivity index (χ4n) is 8.21. The van der Waals surface area contributed by atoms with Gasteiger partial charge in [-0.05, 0) is 106 Å². The number of hydrogen-bond donors (Lipinski definition) is 4. The smallest absolute Gasteiger partial charge is 0.326 e. The molecule has 41 heavy (non-hydrogen) atoms. The number of carboxylic acid groups (broad SMARTS) is 1. The first-order valence-corrected chi connectivity index (χ1v) is 16.2. The highest BCUT2D eigenvalue weighted by Crippen LogP contribution is 2.67. The Morgan fingerprint density at radius 2 is 1.90 bits per heavy atom. The third-order valence-electron chi connectivity index (χ3n) is 10.7. The summed E-state index contributed by atoms with van der Waals surface area (Å²) in [5.41, 5.74) is 1.09. The number of thioether (sulfide) groups is 1. The predicted molar refractivity (Wildman–Crippen MR) is 159 cm³/mol. The number of nitrogens with zero attached hydrogens (tertiary/aromatic N) is 1. The summed E-state index contributed by atoms with van der Waals surface area (Å²) in [6.07, 6.45) is 17.6. The van der Waals surface area contributed by atoms with E-state index in [1.165, 1.54) is 24.3 Å². The third kappa shape index (κ3) is 6.03. The number of terminal acetylenes is 1. The second-order valence-corrected chi connectivity index (χ2v) is 13.8. The van der Waals surface area contributed by atoms with Gasteiger partial charge in [-0.2, -0.15) is 11.8 Å². The van der Waals surface area contributed by atoms with Crippen LogP contribution in [0.5, 0.6) is 0 Å². The van der Waals surface area contributed by atoms with Crippen LogP contribution >= 0.6 is 11.8 Å². The van der Waals surface area contributed by atoms with Gasteiger partial charge in [-0.25, -0.2) is 4.79 Å². The van der Waals surface area contributed by atoms with Crippen LogP contribution < -0.4 is 10.6 Å². The number of aliphatic hydroxyl groups is 1. The highest BCUT2D eigenvalue weighted by Gasteiger charge is 2.63. The van der Waals surface area contributed by atoms with Crippen molar-refractivity contribution in [2.24, 2.45) is 33.7 Å². The molecule has 2 amide bonds. The van der Waals surface area contributed by atoms with Gasteiger partial charge in [-0.1, -0.05) is 30.5 Å². The molecule has 8 atom stereocenters. The van der Waals surface area contributed by atoms with E-state index < -0.39 is 35.5 Å². The van der Waals surface area contributed by atoms with Gasteiger partial charge >= 0.3 is 5.97 Å². The number of carbonyl (C=O) groups is 3. The van der Waals surface area contributed by atoms with Crippen molar-refractivity contribution in [3.05, 3.63) is 11.6 Å². The maximum Gasteiger partial charge on any atom is 0.326 e. The van der Waals surface area contributed by atoms with Crippen LogP contribution in [0.3, 0.4) is 0 Å². The van der Waals surface area contributed by atoms with E-state index in [-0.39, 0.29) is 17.4 Å². The molecule has 0 aromatic heterocycles. The van der Waals surface area contributed by atoms with Crippen LogP contribution in [0, 0.1) is 40.9 Å². The standard InChI is InChI=1S/C31H45N3O6S/c1-6-31(39)15-11-24-22-8-7-20-17-21(9-13-29(20,3)23(22)10-14-30(24,31)4)34-40-18-26(35)32-19(2)27(36)33-25(28(37)38)12-16-41-5/h1,17,19,22-25,39H,7-16,18H2,2-5H3,(H,32,35)(H,33,36)(H,37,38)/b34-21+/t19-,22+,23+,24+,25-,29-,30-,31-/m0/s1. The van der Waals surface area contributed by atoms with Crippen LogP contribution in [0.4, 0.5) is 0 Å². The second kappa shape index (κ2) is 12.4. The Labute approximate surface area is 247 Å². The summed E-state index contributed by atoms with van der Waals surface area (Å²) in [6, 6.07) is -1.91. The molecule has 4 aliphatic carbocycles. The van der Waals surface area contributed by atoms with Crippen LogP contribution in [0.25, 0.3) is 0 Å². The van der Waals surface area contributed by atoms with E-state index in [1.807, 2.05) is 6.26 Å². The lowest BCUT2D eigenvalue weighted by atomic mass is 9.46. The first kappa shape index (κ1) is 31.4. The Hall–Kier alpha value is -2.51. The minimum atomic E-state index is -1.10. The molecule has 4 N–H and O–H groups in total. The van der Waals surface area contributed by atoms with Gasteiger partial charge in [0.1, 0.15) is 17.7 Å². The minimum Gasteiger partial charge on any atom is -0.480 e. The fourth-order valence-corrected chi connectivity index (χ4v) is 8.68. The largest absolute Gasteiger partial charge is 0.480 e. The molecular weight excluding hydrogens is 542 g/mol. The Balaban J connectivity index is 1.31. The lowest BCUT2D eigenvalue weighted by Crippen LogP contribution is -2.54. The highest BCUT2D eigenvalue weighted by atomic mass is 32.2. The van der Waals surface area contributed by atoms with Crippen molar-refractivity contribution in [3.63, 3.8) is 0 Å². The van der Waals surface area contributed by atoms with E-state index in [0.717, 1.165) is 50.7 Å². The number of carboxylic acids is 1. The molecule has 10 heteroatoms. The molecule has 226 valence electrons. The number of rotatable bonds is 10. The summed E-state index contributed by atoms with van der Waals surface area (Å²) in [5, 5.41) is 29.8. The molecule has 0 saturated heterocycles. The van der Waals surface area contributed by atoms with E-state index in [9.17, 15) is 24.6 Å². The van der Waals surface area contributed by atoms with Gasteiger partial charge in [0.05, 0.1) is 5.71 Å². The topological polar surface area (TPSA) is 137 Å². The number of hydrogen-bond acceptors (Lipinski definition) is 7. The summed E-state index contributed by atoms with van der Waals surface area (Å²) in [5.74, 6) is 2.75. The molecule has 0 bridgehead atoms. The van der Waals surface area contributed by atoms with Crippen LogP contribution in [-0.4, -0.2) is 70.0 Å². The number of oxime groups is 1. The maximum absolute atomic E-state index is 12.4. The molecule has 0 unspecified atom stereocenters. The van der Waals surface area contributed by atoms with E-state index >= 15 is 0 Å². The molecule has 0 aliphatic heterocycles. The van der Waals surface area contributed by atoms with Crippen LogP contribution in [0.15, 0.2) is 16.8 Å². The minimum absolute atomic E-state index is 0.0872. The predicted octanol–water partition coefficient (Wildman–Crippen LogP) is 3.51. The van der Waals surface area contributed by atoms with Crippen molar-refractivity contribution in [1.82, 2.24) is 10.6 Å². The number of amides is 2. The summed E-state index contributed by atoms with van der Waals surface area (Å²) in [7, 11) is 0. The summed E-state index contributed by atoms with van der Waals surface area (Å²) in [4.78, 5) is 41.5. The lowest BCUT2D eigenvalue weighted by molar-refractivity contribution is -0.142. The summed E-state index contributed by atoms with van der Waals surface area (Å²) < 4.78 is 0. The maximum atomic E-state index is 12.4. The lowest BCUT2D eigenvalue weighted by Gasteiger charge is -2.58. The van der Waals surface area contributed by atoms with Crippen molar-refractivity contribution >= 4 is 35.3 Å². The molecule has 0 spiro atoms. The fraction of sp³-hybridized carbons (Fsp3) is 0.742. The molecule has 0 aromatic carbocycles. The molecule has 4 aliphatic rings. The van der Waals surface area contributed by atoms with Crippen molar-refractivity contribution < 1.29 is 29.4 Å². The average molecular weight is 588 g/mol. The quantitative estimate of drug-likeness (QED) is 0.227. The van der Waals surface area contributed by atoms with Crippen LogP contribution in [-0.2, 0) is 19.2 Å². The van der Waals surface area contributed by atoms with Gasteiger partial charge < -0.3 is 25.7 Å². The van der Waals surface area contributed by atoms with Gasteiger partial charge in [0, 0.05) is 5.41 Å². The number of fused-ring (bicyclic) bond motifs is 5. The van der Waals surface area contributed by atoms with E-state index in [0.29, 0.717) is 36.3 Å². The number of nitrogens with one attached hydrogen (secondary N) is 2. The zero-order chi connectivity index (χ0) is 30.0. The van der Waals surface area contributed by atoms with Gasteiger partial charge in [-0.3, -0.25) is 9.59 Å². The molecule has 4 rings (SSSR count). The van der Waals surface area contributed by atoms with Crippen LogP contribution in [0.1, 0.15) is 78.6 Å². The highest BCUT2D eigenvalue weighted by molar-refractivity contribution is 7.98. The molecule has 0 heterocycles. The third-order valence-corrected chi connectivity index (χ3v) is 11.4. The van der Waals surface area contributed by atoms with Crippen molar-refractivity contribution in [3.8, 4) is 12.3 Å². The monoisotopic (exact) mass is 587 g/mol. The van der Waals surface area contributed by atoms with Crippen molar-refractivity contribution in [2.45, 2.75) is 96.2 Å². The van der Waals surface area contributed by atoms with Gasteiger partial charge in [0.15, 0.2) is 6.61 Å². The van der Waals surface area contributed by atoms with Crippen LogP contribution in [0.2, 0.25) is 0 Å². The first-order valence-electron chi connectivity index (χ1n) is 14.8. The number of aliphatic carboxylic acids is 1. The summed E-state index contributed by atoms with van der Waals surface area (Å²) >= 11 is 1.50. The molecule has 0 aromatic rings. The average Bonchev–Trinajstić information content (AvgIpc) is 3.21. The molecule has 3 saturated carbocycles. The van der Waals surface area contributed by atoms with E-state index in [2.05, 4.69) is 41.6 Å². The van der Waals surface area contributed by atoms with E-state index in [1.54, 1.807) is 0 Å². The molecule has 3 fully saturated rings. The molecular formula is C31H45N3O6S. The SMILES string of the molecule is C#C[C@]1(O)CC[C@@H]2[C@@H]3CCC4=C/C(=N/OCC(=O)N[C@@H](C)C(=O)N[C@@H](CCSC)C(=O)O)CC[C@]4(C)[C@@H]3CC[C@@]21C. The summed E-state index contributed by atoms with van der Waals surface area (Å²) in [6.45, 7) is 5.76. The van der Waals surface area contributed by atoms with E-state index in [4.69, 9.17) is 11.3 Å². The number of carbonyl (C=O) groups excluding carboxylic acids is 2. The first-order chi connectivity index (χ1) is 19.4. The van der Waals surface area contributed by atoms with Gasteiger partial charge in [-0.15, -0.1) is 6.42 Å².